The van der Waals surface area contributed by atoms with Crippen LogP contribution in [0.4, 0.5) is 15.8 Å². The van der Waals surface area contributed by atoms with Crippen molar-refractivity contribution in [3.05, 3.63) is 54.3 Å². The summed E-state index contributed by atoms with van der Waals surface area (Å²) in [5.41, 5.74) is 0.749. The predicted molar refractivity (Wildman–Crippen MR) is 94.2 cm³/mol. The molecule has 0 bridgehead atoms. The number of carbonyl (C=O) groups excluding carboxylic acids is 2. The largest absolute Gasteiger partial charge is 0.497 e. The minimum Gasteiger partial charge on any atom is -0.497 e. The quantitative estimate of drug-likeness (QED) is 0.808. The van der Waals surface area contributed by atoms with E-state index in [2.05, 4.69) is 10.6 Å². The zero-order valence-electron chi connectivity index (χ0n) is 14.1. The highest BCUT2D eigenvalue weighted by Gasteiger charge is 2.12. The number of nitrogens with one attached hydrogen (secondary N) is 2. The van der Waals surface area contributed by atoms with Gasteiger partial charge in [0.25, 0.3) is 0 Å². The van der Waals surface area contributed by atoms with Gasteiger partial charge < -0.3 is 15.4 Å². The van der Waals surface area contributed by atoms with E-state index >= 15 is 0 Å². The molecule has 7 heteroatoms. The van der Waals surface area contributed by atoms with Crippen LogP contribution in [-0.4, -0.2) is 44.0 Å². The smallest absolute Gasteiger partial charge is 0.238 e. The number of hydrogen-bond acceptors (Lipinski definition) is 4. The van der Waals surface area contributed by atoms with Crippen LogP contribution in [0, 0.1) is 5.82 Å². The molecule has 25 heavy (non-hydrogen) atoms. The van der Waals surface area contributed by atoms with Crippen LogP contribution in [0.1, 0.15) is 0 Å². The highest BCUT2D eigenvalue weighted by Crippen LogP contribution is 2.15. The van der Waals surface area contributed by atoms with Gasteiger partial charge in [0.05, 0.1) is 25.9 Å². The van der Waals surface area contributed by atoms with Crippen molar-refractivity contribution in [1.82, 2.24) is 4.90 Å². The Morgan fingerprint density at radius 1 is 1.00 bits per heavy atom. The molecule has 2 N–H and O–H groups in total. The van der Waals surface area contributed by atoms with Crippen molar-refractivity contribution in [1.29, 1.82) is 0 Å². The summed E-state index contributed by atoms with van der Waals surface area (Å²) in [6.07, 6.45) is 0. The molecule has 132 valence electrons. The van der Waals surface area contributed by atoms with Gasteiger partial charge >= 0.3 is 0 Å². The fourth-order valence-corrected chi connectivity index (χ4v) is 2.17. The molecule has 0 aromatic heterocycles. The lowest BCUT2D eigenvalue weighted by molar-refractivity contribution is -0.119. The number of halogens is 1. The maximum absolute atomic E-state index is 13.5. The van der Waals surface area contributed by atoms with E-state index in [1.54, 1.807) is 50.6 Å². The second-order valence-corrected chi connectivity index (χ2v) is 5.48. The number of likely N-dealkylation sites (N-methyl/N-ethyl adjacent to an activating group) is 1. The molecule has 2 rings (SSSR count). The molecule has 0 spiro atoms. The normalized spacial score (nSPS) is 10.4. The first-order valence-electron chi connectivity index (χ1n) is 7.65. The van der Waals surface area contributed by atoms with Gasteiger partial charge in [0, 0.05) is 5.69 Å². The van der Waals surface area contributed by atoms with Gasteiger partial charge in [-0.05, 0) is 43.4 Å². The predicted octanol–water partition coefficient (Wildman–Crippen LogP) is 2.34. The fourth-order valence-electron chi connectivity index (χ4n) is 2.17. The second kappa shape index (κ2) is 8.79. The second-order valence-electron chi connectivity index (χ2n) is 5.48. The van der Waals surface area contributed by atoms with Crippen LogP contribution >= 0.6 is 0 Å². The van der Waals surface area contributed by atoms with Gasteiger partial charge in [-0.1, -0.05) is 12.1 Å². The third kappa shape index (κ3) is 5.89. The highest BCUT2D eigenvalue weighted by atomic mass is 19.1. The summed E-state index contributed by atoms with van der Waals surface area (Å²) in [5, 5.41) is 5.20. The van der Waals surface area contributed by atoms with Crippen LogP contribution in [-0.2, 0) is 9.59 Å². The van der Waals surface area contributed by atoms with E-state index in [-0.39, 0.29) is 24.7 Å². The molecule has 6 nitrogen and oxygen atoms in total. The van der Waals surface area contributed by atoms with Crippen molar-refractivity contribution < 1.29 is 18.7 Å². The molecule has 2 aromatic carbocycles. The topological polar surface area (TPSA) is 70.7 Å². The summed E-state index contributed by atoms with van der Waals surface area (Å²) in [7, 11) is 3.20. The fraction of sp³-hybridized carbons (Fsp3) is 0.222. The average molecular weight is 345 g/mol. The third-order valence-electron chi connectivity index (χ3n) is 3.35. The van der Waals surface area contributed by atoms with Gasteiger partial charge in [0.2, 0.25) is 11.8 Å². The van der Waals surface area contributed by atoms with E-state index in [0.717, 1.165) is 0 Å². The van der Waals surface area contributed by atoms with Crippen LogP contribution < -0.4 is 15.4 Å². The van der Waals surface area contributed by atoms with Crippen molar-refractivity contribution in [2.45, 2.75) is 0 Å². The van der Waals surface area contributed by atoms with Gasteiger partial charge in [-0.2, -0.15) is 0 Å². The lowest BCUT2D eigenvalue weighted by atomic mass is 10.3. The number of methoxy groups -OCH3 is 1. The van der Waals surface area contributed by atoms with Gasteiger partial charge in [-0.15, -0.1) is 0 Å². The van der Waals surface area contributed by atoms with Gasteiger partial charge in [-0.25, -0.2) is 4.39 Å². The van der Waals surface area contributed by atoms with Crippen molar-refractivity contribution in [2.75, 3.05) is 37.9 Å². The Bertz CT molecular complexity index is 735. The average Bonchev–Trinajstić information content (AvgIpc) is 2.57. The minimum atomic E-state index is -0.504. The SMILES string of the molecule is COc1ccc(NC(=O)CN(C)CC(=O)Nc2ccccc2F)cc1. The monoisotopic (exact) mass is 345 g/mol. The molecule has 0 radical (unpaired) electrons. The lowest BCUT2D eigenvalue weighted by Gasteiger charge is -2.16. The number of hydrogen-bond donors (Lipinski definition) is 2. The third-order valence-corrected chi connectivity index (χ3v) is 3.35. The maximum Gasteiger partial charge on any atom is 0.238 e. The molecule has 0 saturated heterocycles. The number of amides is 2. The number of carbonyl (C=O) groups is 2. The number of ether oxygens (including phenoxy) is 1. The zero-order valence-corrected chi connectivity index (χ0v) is 14.1. The van der Waals surface area contributed by atoms with Crippen LogP contribution in [0.25, 0.3) is 0 Å². The van der Waals surface area contributed by atoms with E-state index in [9.17, 15) is 14.0 Å². The molecule has 0 atom stereocenters. The van der Waals surface area contributed by atoms with Gasteiger partial charge in [0.15, 0.2) is 0 Å². The Balaban J connectivity index is 1.80. The molecule has 0 heterocycles. The van der Waals surface area contributed by atoms with Crippen molar-refractivity contribution in [2.24, 2.45) is 0 Å². The van der Waals surface area contributed by atoms with Crippen molar-refractivity contribution in [3.63, 3.8) is 0 Å². The number of benzene rings is 2. The molecule has 2 amide bonds. The number of rotatable bonds is 7. The highest BCUT2D eigenvalue weighted by molar-refractivity contribution is 5.94. The molecule has 0 aliphatic rings. The molecule has 0 fully saturated rings. The van der Waals surface area contributed by atoms with Crippen molar-refractivity contribution in [3.8, 4) is 5.75 Å². The molecule has 0 saturated carbocycles. The summed E-state index contributed by atoms with van der Waals surface area (Å²) >= 11 is 0. The Hall–Kier alpha value is -2.93. The van der Waals surface area contributed by atoms with E-state index in [1.165, 1.54) is 17.0 Å². The van der Waals surface area contributed by atoms with Crippen LogP contribution in [0.5, 0.6) is 5.75 Å². The van der Waals surface area contributed by atoms with Crippen LogP contribution in [0.15, 0.2) is 48.5 Å². The first-order chi connectivity index (χ1) is 12.0. The maximum atomic E-state index is 13.5. The molecular weight excluding hydrogens is 325 g/mol. The Morgan fingerprint density at radius 3 is 2.20 bits per heavy atom. The number of para-hydroxylation sites is 1. The van der Waals surface area contributed by atoms with Crippen molar-refractivity contribution >= 4 is 23.2 Å². The molecular formula is C18H20FN3O3. The summed E-state index contributed by atoms with van der Waals surface area (Å²) in [6.45, 7) is -0.0128. The lowest BCUT2D eigenvalue weighted by Crippen LogP contribution is -2.36. The van der Waals surface area contributed by atoms with Gasteiger partial charge in [-0.3, -0.25) is 14.5 Å². The first-order valence-corrected chi connectivity index (χ1v) is 7.65. The van der Waals surface area contributed by atoms with Crippen LogP contribution in [0.2, 0.25) is 0 Å². The summed E-state index contributed by atoms with van der Waals surface area (Å²) in [4.78, 5) is 25.5. The summed E-state index contributed by atoms with van der Waals surface area (Å²) in [5.74, 6) is -0.466. The van der Waals surface area contributed by atoms with Crippen LogP contribution in [0.3, 0.4) is 0 Å². The molecule has 2 aromatic rings. The number of nitrogens with zero attached hydrogens (tertiary/aromatic N) is 1. The van der Waals surface area contributed by atoms with E-state index < -0.39 is 11.7 Å². The summed E-state index contributed by atoms with van der Waals surface area (Å²) in [6, 6.07) is 12.8. The summed E-state index contributed by atoms with van der Waals surface area (Å²) < 4.78 is 18.5. The Labute approximate surface area is 145 Å². The zero-order chi connectivity index (χ0) is 18.2. The minimum absolute atomic E-state index is 0.0245. The molecule has 0 aliphatic carbocycles. The molecule has 0 unspecified atom stereocenters. The van der Waals surface area contributed by atoms with E-state index in [4.69, 9.17) is 4.74 Å². The van der Waals surface area contributed by atoms with E-state index in [0.29, 0.717) is 11.4 Å². The number of anilines is 2. The Kier molecular flexibility index (Phi) is 6.47. The Morgan fingerprint density at radius 2 is 1.60 bits per heavy atom. The molecule has 0 aliphatic heterocycles. The van der Waals surface area contributed by atoms with E-state index in [1.807, 2.05) is 0 Å². The standard InChI is InChI=1S/C18H20FN3O3/c1-22(12-18(24)21-16-6-4-3-5-15(16)19)11-17(23)20-13-7-9-14(25-2)10-8-13/h3-10H,11-12H2,1-2H3,(H,20,23)(H,21,24). The first kappa shape index (κ1) is 18.4. The van der Waals surface area contributed by atoms with Gasteiger partial charge in [0.1, 0.15) is 11.6 Å².